The Bertz CT molecular complexity index is 744. The Balaban J connectivity index is 1.52. The van der Waals surface area contributed by atoms with Crippen LogP contribution in [0.15, 0.2) is 47.4 Å². The van der Waals surface area contributed by atoms with Crippen molar-refractivity contribution in [3.8, 4) is 0 Å². The predicted octanol–water partition coefficient (Wildman–Crippen LogP) is 3.58. The summed E-state index contributed by atoms with van der Waals surface area (Å²) < 4.78 is 28.1. The zero-order chi connectivity index (χ0) is 18.6. The summed E-state index contributed by atoms with van der Waals surface area (Å²) in [4.78, 5) is 10.8. The highest BCUT2D eigenvalue weighted by molar-refractivity contribution is 7.89. The number of unbranched alkanes of at least 4 members (excludes halogenated alkanes) is 1. The van der Waals surface area contributed by atoms with Crippen molar-refractivity contribution in [2.75, 3.05) is 0 Å². The van der Waals surface area contributed by atoms with Gasteiger partial charge in [-0.1, -0.05) is 30.4 Å². The van der Waals surface area contributed by atoms with E-state index in [0.717, 1.165) is 25.7 Å². The molecular formula is C20H27NO4S. The number of carboxylic acids is 1. The molecule has 0 saturated heterocycles. The van der Waals surface area contributed by atoms with Crippen LogP contribution in [0.5, 0.6) is 0 Å². The number of fused-ring (bicyclic) bond motifs is 2. The van der Waals surface area contributed by atoms with Crippen molar-refractivity contribution in [1.82, 2.24) is 4.72 Å². The molecule has 0 spiro atoms. The Labute approximate surface area is 155 Å². The highest BCUT2D eigenvalue weighted by Gasteiger charge is 2.46. The Morgan fingerprint density at radius 3 is 2.62 bits per heavy atom. The lowest BCUT2D eigenvalue weighted by molar-refractivity contribution is -0.137. The number of hydrogen-bond donors (Lipinski definition) is 2. The first kappa shape index (κ1) is 19.1. The van der Waals surface area contributed by atoms with Gasteiger partial charge >= 0.3 is 5.97 Å². The first-order chi connectivity index (χ1) is 12.5. The van der Waals surface area contributed by atoms with Crippen LogP contribution < -0.4 is 4.72 Å². The van der Waals surface area contributed by atoms with Gasteiger partial charge in [-0.25, -0.2) is 13.1 Å². The normalized spacial score (nSPS) is 28.0. The number of hydrogen-bond acceptors (Lipinski definition) is 3. The molecule has 5 nitrogen and oxygen atoms in total. The summed E-state index contributed by atoms with van der Waals surface area (Å²) in [7, 11) is -3.45. The average Bonchev–Trinajstić information content (AvgIpc) is 3.18. The molecule has 1 aromatic carbocycles. The van der Waals surface area contributed by atoms with Gasteiger partial charge < -0.3 is 5.11 Å². The van der Waals surface area contributed by atoms with Crippen LogP contribution >= 0.6 is 0 Å². The lowest BCUT2D eigenvalue weighted by Gasteiger charge is -2.29. The van der Waals surface area contributed by atoms with Gasteiger partial charge in [0.2, 0.25) is 10.0 Å². The second-order valence-corrected chi connectivity index (χ2v) is 9.24. The first-order valence-corrected chi connectivity index (χ1v) is 10.9. The SMILES string of the molecule is O=C(O)CCC/C=C\C[C@H]1C[C@@H]2C[C@@H]1[C@@H](NS(=O)(=O)c1ccccc1)C2. The number of allylic oxidation sites excluding steroid dienone is 2. The van der Waals surface area contributed by atoms with E-state index >= 15 is 0 Å². The number of sulfonamides is 1. The summed E-state index contributed by atoms with van der Waals surface area (Å²) in [6.07, 6.45) is 10.1. The highest BCUT2D eigenvalue weighted by atomic mass is 32.2. The number of aliphatic carboxylic acids is 1. The zero-order valence-electron chi connectivity index (χ0n) is 14.9. The molecule has 1 aromatic rings. The maximum Gasteiger partial charge on any atom is 0.303 e. The van der Waals surface area contributed by atoms with Crippen molar-refractivity contribution in [3.63, 3.8) is 0 Å². The van der Waals surface area contributed by atoms with Gasteiger partial charge in [-0.05, 0) is 68.4 Å². The molecular weight excluding hydrogens is 350 g/mol. The number of carboxylic acid groups (broad SMARTS) is 1. The molecule has 2 bridgehead atoms. The molecule has 142 valence electrons. The maximum atomic E-state index is 12.6. The average molecular weight is 378 g/mol. The summed E-state index contributed by atoms with van der Waals surface area (Å²) >= 11 is 0. The number of carbonyl (C=O) groups is 1. The summed E-state index contributed by atoms with van der Waals surface area (Å²) in [5, 5.41) is 8.64. The van der Waals surface area contributed by atoms with E-state index in [1.807, 2.05) is 6.07 Å². The lowest BCUT2D eigenvalue weighted by Crippen LogP contribution is -2.41. The third-order valence-corrected chi connectivity index (χ3v) is 7.18. The van der Waals surface area contributed by atoms with Crippen LogP contribution in [-0.2, 0) is 14.8 Å². The van der Waals surface area contributed by atoms with Crippen molar-refractivity contribution < 1.29 is 18.3 Å². The van der Waals surface area contributed by atoms with E-state index in [2.05, 4.69) is 16.9 Å². The highest BCUT2D eigenvalue weighted by Crippen LogP contribution is 2.50. The van der Waals surface area contributed by atoms with Gasteiger partial charge in [-0.2, -0.15) is 0 Å². The van der Waals surface area contributed by atoms with Crippen molar-refractivity contribution in [2.24, 2.45) is 17.8 Å². The number of nitrogens with one attached hydrogen (secondary N) is 1. The molecule has 4 atom stereocenters. The predicted molar refractivity (Wildman–Crippen MR) is 100 cm³/mol. The van der Waals surface area contributed by atoms with Crippen LogP contribution in [0.25, 0.3) is 0 Å². The minimum atomic E-state index is -3.45. The minimum absolute atomic E-state index is 0.0318. The fraction of sp³-hybridized carbons (Fsp3) is 0.550. The Morgan fingerprint density at radius 1 is 1.15 bits per heavy atom. The van der Waals surface area contributed by atoms with Gasteiger partial charge in [-0.15, -0.1) is 0 Å². The van der Waals surface area contributed by atoms with Crippen molar-refractivity contribution >= 4 is 16.0 Å². The van der Waals surface area contributed by atoms with Crippen molar-refractivity contribution in [1.29, 1.82) is 0 Å². The maximum absolute atomic E-state index is 12.6. The lowest BCUT2D eigenvalue weighted by atomic mass is 9.83. The molecule has 2 N–H and O–H groups in total. The molecule has 2 fully saturated rings. The molecule has 0 unspecified atom stereocenters. The zero-order valence-corrected chi connectivity index (χ0v) is 15.7. The van der Waals surface area contributed by atoms with E-state index in [0.29, 0.717) is 29.1 Å². The third kappa shape index (κ3) is 4.74. The van der Waals surface area contributed by atoms with Gasteiger partial charge in [0.1, 0.15) is 0 Å². The summed E-state index contributed by atoms with van der Waals surface area (Å²) in [6, 6.07) is 8.60. The third-order valence-electron chi connectivity index (χ3n) is 5.68. The molecule has 6 heteroatoms. The minimum Gasteiger partial charge on any atom is -0.481 e. The Kier molecular flexibility index (Phi) is 6.14. The first-order valence-electron chi connectivity index (χ1n) is 9.40. The van der Waals surface area contributed by atoms with E-state index in [1.54, 1.807) is 24.3 Å². The summed E-state index contributed by atoms with van der Waals surface area (Å²) in [6.45, 7) is 0. The van der Waals surface area contributed by atoms with Gasteiger partial charge in [0, 0.05) is 12.5 Å². The van der Waals surface area contributed by atoms with Crippen LogP contribution in [-0.4, -0.2) is 25.5 Å². The van der Waals surface area contributed by atoms with Crippen LogP contribution in [0.1, 0.15) is 44.9 Å². The molecule has 26 heavy (non-hydrogen) atoms. The molecule has 2 aliphatic carbocycles. The van der Waals surface area contributed by atoms with Gasteiger partial charge in [0.25, 0.3) is 0 Å². The molecule has 0 radical (unpaired) electrons. The fourth-order valence-electron chi connectivity index (χ4n) is 4.53. The molecule has 0 aliphatic heterocycles. The Morgan fingerprint density at radius 2 is 1.92 bits per heavy atom. The summed E-state index contributed by atoms with van der Waals surface area (Å²) in [5.41, 5.74) is 0. The quantitative estimate of drug-likeness (QED) is 0.509. The van der Waals surface area contributed by atoms with E-state index in [9.17, 15) is 13.2 Å². The molecule has 0 heterocycles. The molecule has 2 aliphatic rings. The van der Waals surface area contributed by atoms with Crippen LogP contribution in [0.3, 0.4) is 0 Å². The second kappa shape index (κ2) is 8.35. The van der Waals surface area contributed by atoms with Gasteiger partial charge in [0.15, 0.2) is 0 Å². The van der Waals surface area contributed by atoms with E-state index in [-0.39, 0.29) is 12.5 Å². The van der Waals surface area contributed by atoms with Crippen LogP contribution in [0.4, 0.5) is 0 Å². The largest absolute Gasteiger partial charge is 0.481 e. The monoisotopic (exact) mass is 377 g/mol. The van der Waals surface area contributed by atoms with E-state index in [4.69, 9.17) is 5.11 Å². The standard InChI is InChI=1S/C20H27NO4S/c22-20(23)11-7-2-1-4-8-16-12-15-13-18(16)19(14-15)21-26(24,25)17-9-5-3-6-10-17/h1,3-6,9-10,15-16,18-19,21H,2,7-8,11-14H2,(H,22,23)/b4-1-/t15-,16+,18+,19+/m1/s1. The number of benzene rings is 1. The second-order valence-electron chi connectivity index (χ2n) is 7.53. The van der Waals surface area contributed by atoms with Crippen molar-refractivity contribution in [2.45, 2.75) is 55.9 Å². The van der Waals surface area contributed by atoms with Crippen LogP contribution in [0.2, 0.25) is 0 Å². The smallest absolute Gasteiger partial charge is 0.303 e. The van der Waals surface area contributed by atoms with Crippen molar-refractivity contribution in [3.05, 3.63) is 42.5 Å². The molecule has 3 rings (SSSR count). The summed E-state index contributed by atoms with van der Waals surface area (Å²) in [5.74, 6) is 0.795. The fourth-order valence-corrected chi connectivity index (χ4v) is 5.85. The van der Waals surface area contributed by atoms with Gasteiger partial charge in [0.05, 0.1) is 4.90 Å². The van der Waals surface area contributed by atoms with E-state index in [1.165, 1.54) is 6.42 Å². The Hall–Kier alpha value is -1.66. The topological polar surface area (TPSA) is 83.5 Å². The van der Waals surface area contributed by atoms with Gasteiger partial charge in [-0.3, -0.25) is 4.79 Å². The van der Waals surface area contributed by atoms with Crippen LogP contribution in [0, 0.1) is 17.8 Å². The molecule has 2 saturated carbocycles. The molecule has 0 aromatic heterocycles. The van der Waals surface area contributed by atoms with E-state index < -0.39 is 16.0 Å². The number of rotatable bonds is 9. The molecule has 0 amide bonds.